The van der Waals surface area contributed by atoms with E-state index < -0.39 is 0 Å². The summed E-state index contributed by atoms with van der Waals surface area (Å²) in [5.41, 5.74) is 0. The molecule has 2 saturated heterocycles. The van der Waals surface area contributed by atoms with Gasteiger partial charge in [-0.25, -0.2) is 4.79 Å². The van der Waals surface area contributed by atoms with Gasteiger partial charge in [0.1, 0.15) is 0 Å². The number of nitrogens with zero attached hydrogens (tertiary/aromatic N) is 1. The van der Waals surface area contributed by atoms with Gasteiger partial charge in [0.05, 0.1) is 0 Å². The summed E-state index contributed by atoms with van der Waals surface area (Å²) in [6.45, 7) is 6.21. The number of nitrogens with one attached hydrogen (secondary N) is 2. The van der Waals surface area contributed by atoms with E-state index in [1.54, 1.807) is 0 Å². The van der Waals surface area contributed by atoms with Gasteiger partial charge in [0.2, 0.25) is 0 Å². The predicted molar refractivity (Wildman–Crippen MR) is 64.4 cm³/mol. The third-order valence-corrected chi connectivity index (χ3v) is 3.57. The molecule has 2 rings (SSSR count). The van der Waals surface area contributed by atoms with E-state index >= 15 is 0 Å². The second-order valence-corrected chi connectivity index (χ2v) is 5.05. The number of amides is 2. The molecular weight excluding hydrogens is 202 g/mol. The molecule has 2 atom stereocenters. The van der Waals surface area contributed by atoms with Gasteiger partial charge in [-0.2, -0.15) is 0 Å². The van der Waals surface area contributed by atoms with Crippen molar-refractivity contribution in [2.24, 2.45) is 5.92 Å². The SMILES string of the molecule is CCCC1CN(CC2CCCNC2)C(=O)N1. The highest BCUT2D eigenvalue weighted by Gasteiger charge is 2.29. The zero-order valence-electron chi connectivity index (χ0n) is 10.2. The average molecular weight is 225 g/mol. The first-order valence-electron chi connectivity index (χ1n) is 6.55. The fourth-order valence-corrected chi connectivity index (χ4v) is 2.72. The van der Waals surface area contributed by atoms with Crippen molar-refractivity contribution in [2.45, 2.75) is 38.6 Å². The molecule has 2 heterocycles. The van der Waals surface area contributed by atoms with Crippen molar-refractivity contribution in [3.05, 3.63) is 0 Å². The molecule has 16 heavy (non-hydrogen) atoms. The van der Waals surface area contributed by atoms with E-state index in [2.05, 4.69) is 17.6 Å². The van der Waals surface area contributed by atoms with Gasteiger partial charge in [-0.15, -0.1) is 0 Å². The standard InChI is InChI=1S/C12H23N3O/c1-2-4-11-9-15(12(16)14-11)8-10-5-3-6-13-7-10/h10-11,13H,2-9H2,1H3,(H,14,16). The zero-order chi connectivity index (χ0) is 11.4. The Morgan fingerprint density at radius 2 is 2.38 bits per heavy atom. The van der Waals surface area contributed by atoms with Crippen LogP contribution in [0.15, 0.2) is 0 Å². The maximum atomic E-state index is 11.7. The normalized spacial score (nSPS) is 30.6. The van der Waals surface area contributed by atoms with Crippen LogP contribution in [0.5, 0.6) is 0 Å². The van der Waals surface area contributed by atoms with Crippen LogP contribution in [0.2, 0.25) is 0 Å². The van der Waals surface area contributed by atoms with Crippen molar-refractivity contribution in [3.63, 3.8) is 0 Å². The van der Waals surface area contributed by atoms with Crippen LogP contribution in [0, 0.1) is 5.92 Å². The second-order valence-electron chi connectivity index (χ2n) is 5.05. The smallest absolute Gasteiger partial charge is 0.317 e. The lowest BCUT2D eigenvalue weighted by atomic mass is 9.99. The number of rotatable bonds is 4. The molecule has 2 amide bonds. The largest absolute Gasteiger partial charge is 0.333 e. The van der Waals surface area contributed by atoms with Gasteiger partial charge in [0.15, 0.2) is 0 Å². The number of hydrogen-bond donors (Lipinski definition) is 2. The third kappa shape index (κ3) is 2.88. The van der Waals surface area contributed by atoms with Crippen LogP contribution in [0.3, 0.4) is 0 Å². The molecule has 2 N–H and O–H groups in total. The van der Waals surface area contributed by atoms with Crippen LogP contribution in [0.1, 0.15) is 32.6 Å². The van der Waals surface area contributed by atoms with Crippen molar-refractivity contribution in [2.75, 3.05) is 26.2 Å². The Bertz CT molecular complexity index is 238. The summed E-state index contributed by atoms with van der Waals surface area (Å²) in [6, 6.07) is 0.526. The van der Waals surface area contributed by atoms with Gasteiger partial charge in [0.25, 0.3) is 0 Å². The molecule has 2 aliphatic heterocycles. The highest BCUT2D eigenvalue weighted by atomic mass is 16.2. The van der Waals surface area contributed by atoms with Crippen molar-refractivity contribution in [3.8, 4) is 0 Å². The molecular formula is C12H23N3O. The maximum absolute atomic E-state index is 11.7. The minimum absolute atomic E-state index is 0.143. The van der Waals surface area contributed by atoms with Crippen LogP contribution < -0.4 is 10.6 Å². The lowest BCUT2D eigenvalue weighted by Crippen LogP contribution is -2.39. The molecule has 4 heteroatoms. The van der Waals surface area contributed by atoms with Gasteiger partial charge in [-0.05, 0) is 38.3 Å². The van der Waals surface area contributed by atoms with E-state index in [0.717, 1.165) is 39.0 Å². The van der Waals surface area contributed by atoms with E-state index in [-0.39, 0.29) is 6.03 Å². The summed E-state index contributed by atoms with van der Waals surface area (Å²) in [5, 5.41) is 6.46. The van der Waals surface area contributed by atoms with E-state index in [9.17, 15) is 4.79 Å². The fraction of sp³-hybridized carbons (Fsp3) is 0.917. The molecule has 0 aromatic carbocycles. The molecule has 4 nitrogen and oxygen atoms in total. The van der Waals surface area contributed by atoms with E-state index in [0.29, 0.717) is 12.0 Å². The van der Waals surface area contributed by atoms with Crippen LogP contribution in [0.25, 0.3) is 0 Å². The molecule has 2 aliphatic rings. The topological polar surface area (TPSA) is 44.4 Å². The Morgan fingerprint density at radius 1 is 1.50 bits per heavy atom. The van der Waals surface area contributed by atoms with Gasteiger partial charge < -0.3 is 15.5 Å². The molecule has 2 unspecified atom stereocenters. The first-order valence-corrected chi connectivity index (χ1v) is 6.55. The quantitative estimate of drug-likeness (QED) is 0.754. The molecule has 92 valence electrons. The summed E-state index contributed by atoms with van der Waals surface area (Å²) in [4.78, 5) is 13.7. The molecule has 0 saturated carbocycles. The van der Waals surface area contributed by atoms with E-state index in [1.807, 2.05) is 4.90 Å². The molecule has 0 aromatic heterocycles. The Hall–Kier alpha value is -0.770. The number of hydrogen-bond acceptors (Lipinski definition) is 2. The summed E-state index contributed by atoms with van der Waals surface area (Å²) in [7, 11) is 0. The highest BCUT2D eigenvalue weighted by molar-refractivity contribution is 5.76. The van der Waals surface area contributed by atoms with Crippen molar-refractivity contribution >= 4 is 6.03 Å². The molecule has 2 fully saturated rings. The Morgan fingerprint density at radius 3 is 3.06 bits per heavy atom. The summed E-state index contributed by atoms with van der Waals surface area (Å²) in [6.07, 6.45) is 4.75. The van der Waals surface area contributed by atoms with Gasteiger partial charge >= 0.3 is 6.03 Å². The lowest BCUT2D eigenvalue weighted by molar-refractivity contribution is 0.202. The number of piperidine rings is 1. The minimum atomic E-state index is 0.143. The van der Waals surface area contributed by atoms with Crippen molar-refractivity contribution in [1.29, 1.82) is 0 Å². The number of carbonyl (C=O) groups excluding carboxylic acids is 1. The van der Waals surface area contributed by atoms with Crippen LogP contribution in [-0.4, -0.2) is 43.2 Å². The minimum Gasteiger partial charge on any atom is -0.333 e. The van der Waals surface area contributed by atoms with Crippen LogP contribution in [0.4, 0.5) is 4.79 Å². The summed E-state index contributed by atoms with van der Waals surface area (Å²) >= 11 is 0. The molecule has 0 bridgehead atoms. The predicted octanol–water partition coefficient (Wildman–Crippen LogP) is 1.18. The fourth-order valence-electron chi connectivity index (χ4n) is 2.72. The number of carbonyl (C=O) groups is 1. The molecule has 0 aromatic rings. The monoisotopic (exact) mass is 225 g/mol. The summed E-state index contributed by atoms with van der Waals surface area (Å²) < 4.78 is 0. The Labute approximate surface area is 97.8 Å². The van der Waals surface area contributed by atoms with Gasteiger partial charge in [0, 0.05) is 19.1 Å². The molecule has 0 spiro atoms. The van der Waals surface area contributed by atoms with Crippen molar-refractivity contribution < 1.29 is 4.79 Å². The van der Waals surface area contributed by atoms with Crippen LogP contribution >= 0.6 is 0 Å². The van der Waals surface area contributed by atoms with Gasteiger partial charge in [-0.3, -0.25) is 0 Å². The first kappa shape index (κ1) is 11.7. The molecule has 0 aliphatic carbocycles. The van der Waals surface area contributed by atoms with E-state index in [1.165, 1.54) is 12.8 Å². The highest BCUT2D eigenvalue weighted by Crippen LogP contribution is 2.15. The zero-order valence-corrected chi connectivity index (χ0v) is 10.2. The van der Waals surface area contributed by atoms with Gasteiger partial charge in [-0.1, -0.05) is 13.3 Å². The first-order chi connectivity index (χ1) is 7.79. The Kier molecular flexibility index (Phi) is 4.04. The third-order valence-electron chi connectivity index (χ3n) is 3.57. The number of urea groups is 1. The lowest BCUT2D eigenvalue weighted by Gasteiger charge is -2.26. The molecule has 0 radical (unpaired) electrons. The average Bonchev–Trinajstić information content (AvgIpc) is 2.61. The Balaban J connectivity index is 1.78. The maximum Gasteiger partial charge on any atom is 0.317 e. The van der Waals surface area contributed by atoms with Crippen molar-refractivity contribution in [1.82, 2.24) is 15.5 Å². The second kappa shape index (κ2) is 5.53. The summed E-state index contributed by atoms with van der Waals surface area (Å²) in [5.74, 6) is 0.653. The van der Waals surface area contributed by atoms with Crippen LogP contribution in [-0.2, 0) is 0 Å². The van der Waals surface area contributed by atoms with E-state index in [4.69, 9.17) is 0 Å².